The summed E-state index contributed by atoms with van der Waals surface area (Å²) in [6, 6.07) is 0. The van der Waals surface area contributed by atoms with Crippen molar-refractivity contribution >= 4 is 15.0 Å². The van der Waals surface area contributed by atoms with Crippen LogP contribution >= 0.6 is 9.39 Å². The Morgan fingerprint density at radius 3 is 2.91 bits per heavy atom. The van der Waals surface area contributed by atoms with Gasteiger partial charge in [-0.15, -0.1) is 0 Å². The van der Waals surface area contributed by atoms with Gasteiger partial charge >= 0.3 is 0 Å². The molecule has 0 fully saturated rings. The van der Waals surface area contributed by atoms with Gasteiger partial charge in [0.25, 0.3) is 0 Å². The van der Waals surface area contributed by atoms with Gasteiger partial charge in [-0.3, -0.25) is 0 Å². The fourth-order valence-corrected chi connectivity index (χ4v) is 1.36. The van der Waals surface area contributed by atoms with Gasteiger partial charge in [0.05, 0.1) is 0 Å². The topological polar surface area (TPSA) is 17.8 Å². The molecule has 1 atom stereocenters. The fraction of sp³-hybridized carbons (Fsp3) is 0.375. The number of aromatic nitrogens is 2. The van der Waals surface area contributed by atoms with Crippen molar-refractivity contribution in [1.82, 2.24) is 9.32 Å². The lowest BCUT2D eigenvalue weighted by atomic mass is 10.2. The molecule has 1 heterocycles. The van der Waals surface area contributed by atoms with E-state index in [1.165, 1.54) is 5.57 Å². The Kier molecular flexibility index (Phi) is 2.84. The van der Waals surface area contributed by atoms with E-state index in [0.29, 0.717) is 0 Å². The standard InChI is InChI=1S/C8H13N2P/c1-3-7(4-2)8-9-5-6-10(8)11/h3,5-6H,4,11H2,1-2H3. The Bertz CT molecular complexity index is 263. The normalized spacial score (nSPS) is 12.1. The monoisotopic (exact) mass is 168 g/mol. The first-order valence-corrected chi connectivity index (χ1v) is 4.25. The highest BCUT2D eigenvalue weighted by atomic mass is 31.0. The summed E-state index contributed by atoms with van der Waals surface area (Å²) in [5.74, 6) is 1.04. The van der Waals surface area contributed by atoms with Crippen molar-refractivity contribution in [2.24, 2.45) is 0 Å². The molecule has 1 unspecified atom stereocenters. The zero-order valence-corrected chi connectivity index (χ0v) is 8.07. The molecule has 0 N–H and O–H groups in total. The molecule has 2 nitrogen and oxygen atoms in total. The average molecular weight is 168 g/mol. The molecule has 0 bridgehead atoms. The van der Waals surface area contributed by atoms with E-state index >= 15 is 0 Å². The average Bonchev–Trinajstić information content (AvgIpc) is 2.40. The van der Waals surface area contributed by atoms with Gasteiger partial charge in [0, 0.05) is 12.4 Å². The highest BCUT2D eigenvalue weighted by molar-refractivity contribution is 7.14. The molecular weight excluding hydrogens is 155 g/mol. The van der Waals surface area contributed by atoms with Crippen molar-refractivity contribution in [2.75, 3.05) is 0 Å². The predicted octanol–water partition coefficient (Wildman–Crippen LogP) is 2.33. The van der Waals surface area contributed by atoms with Crippen LogP contribution in [0.15, 0.2) is 18.5 Å². The maximum atomic E-state index is 4.23. The van der Waals surface area contributed by atoms with E-state index in [4.69, 9.17) is 0 Å². The van der Waals surface area contributed by atoms with E-state index in [9.17, 15) is 0 Å². The van der Waals surface area contributed by atoms with E-state index in [0.717, 1.165) is 12.2 Å². The minimum absolute atomic E-state index is 1.03. The maximum Gasteiger partial charge on any atom is 0.138 e. The van der Waals surface area contributed by atoms with Crippen molar-refractivity contribution in [3.05, 3.63) is 24.3 Å². The van der Waals surface area contributed by atoms with E-state index in [1.807, 2.05) is 23.7 Å². The summed E-state index contributed by atoms with van der Waals surface area (Å²) in [7, 11) is 2.61. The molecule has 0 saturated heterocycles. The summed E-state index contributed by atoms with van der Waals surface area (Å²) < 4.78 is 1.96. The lowest BCUT2D eigenvalue weighted by molar-refractivity contribution is 1.11. The molecule has 60 valence electrons. The van der Waals surface area contributed by atoms with Crippen LogP contribution in [0.25, 0.3) is 5.57 Å². The number of rotatable bonds is 2. The third-order valence-electron chi connectivity index (χ3n) is 1.69. The minimum atomic E-state index is 1.03. The first-order valence-electron chi connectivity index (χ1n) is 3.73. The summed E-state index contributed by atoms with van der Waals surface area (Å²) >= 11 is 0. The van der Waals surface area contributed by atoms with Gasteiger partial charge in [0.1, 0.15) is 5.82 Å². The van der Waals surface area contributed by atoms with Gasteiger partial charge in [-0.1, -0.05) is 13.0 Å². The zero-order chi connectivity index (χ0) is 8.27. The lowest BCUT2D eigenvalue weighted by Gasteiger charge is -2.02. The van der Waals surface area contributed by atoms with Crippen LogP contribution in [-0.2, 0) is 0 Å². The first-order chi connectivity index (χ1) is 5.29. The van der Waals surface area contributed by atoms with Crippen LogP contribution in [0.4, 0.5) is 0 Å². The lowest BCUT2D eigenvalue weighted by Crippen LogP contribution is -1.89. The van der Waals surface area contributed by atoms with Crippen molar-refractivity contribution < 1.29 is 0 Å². The fourth-order valence-electron chi connectivity index (χ4n) is 1.05. The van der Waals surface area contributed by atoms with Crippen LogP contribution in [0.1, 0.15) is 26.1 Å². The molecule has 0 aliphatic heterocycles. The molecule has 0 radical (unpaired) electrons. The van der Waals surface area contributed by atoms with E-state index < -0.39 is 0 Å². The molecule has 1 aromatic rings. The smallest absolute Gasteiger partial charge is 0.138 e. The van der Waals surface area contributed by atoms with E-state index in [-0.39, 0.29) is 0 Å². The Hall–Kier alpha value is -0.620. The molecule has 1 aromatic heterocycles. The van der Waals surface area contributed by atoms with Crippen molar-refractivity contribution in [1.29, 1.82) is 0 Å². The molecule has 0 aromatic carbocycles. The van der Waals surface area contributed by atoms with Gasteiger partial charge in [0.2, 0.25) is 0 Å². The van der Waals surface area contributed by atoms with Crippen LogP contribution in [-0.4, -0.2) is 9.32 Å². The Morgan fingerprint density at radius 2 is 2.55 bits per heavy atom. The Balaban J connectivity index is 3.00. The number of imidazole rings is 1. The Morgan fingerprint density at radius 1 is 1.82 bits per heavy atom. The molecule has 1 rings (SSSR count). The number of nitrogens with zero attached hydrogens (tertiary/aromatic N) is 2. The van der Waals surface area contributed by atoms with Crippen molar-refractivity contribution in [2.45, 2.75) is 20.3 Å². The number of allylic oxidation sites excluding steroid dienone is 2. The zero-order valence-electron chi connectivity index (χ0n) is 6.91. The second-order valence-corrected chi connectivity index (χ2v) is 2.88. The summed E-state index contributed by atoms with van der Waals surface area (Å²) in [5, 5.41) is 0. The van der Waals surface area contributed by atoms with Gasteiger partial charge in [-0.05, 0) is 28.3 Å². The van der Waals surface area contributed by atoms with Crippen LogP contribution in [0.5, 0.6) is 0 Å². The molecule has 0 saturated carbocycles. The SMILES string of the molecule is CC=C(CC)c1nccn1P. The van der Waals surface area contributed by atoms with Crippen LogP contribution < -0.4 is 0 Å². The second kappa shape index (κ2) is 3.68. The largest absolute Gasteiger partial charge is 0.316 e. The van der Waals surface area contributed by atoms with Crippen molar-refractivity contribution in [3.63, 3.8) is 0 Å². The second-order valence-electron chi connectivity index (χ2n) is 2.33. The van der Waals surface area contributed by atoms with Crippen molar-refractivity contribution in [3.8, 4) is 0 Å². The minimum Gasteiger partial charge on any atom is -0.316 e. The van der Waals surface area contributed by atoms with Gasteiger partial charge in [-0.2, -0.15) is 0 Å². The van der Waals surface area contributed by atoms with Crippen LogP contribution in [0, 0.1) is 0 Å². The molecule has 0 aliphatic carbocycles. The third-order valence-corrected chi connectivity index (χ3v) is 2.10. The summed E-state index contributed by atoms with van der Waals surface area (Å²) in [6.07, 6.45) is 6.87. The molecule has 0 aliphatic rings. The maximum absolute atomic E-state index is 4.23. The van der Waals surface area contributed by atoms with Gasteiger partial charge < -0.3 is 4.34 Å². The summed E-state index contributed by atoms with van der Waals surface area (Å²) in [4.78, 5) is 4.23. The molecular formula is C8H13N2P. The molecule has 3 heteroatoms. The van der Waals surface area contributed by atoms with Crippen LogP contribution in [0.3, 0.4) is 0 Å². The number of hydrogen-bond donors (Lipinski definition) is 0. The molecule has 11 heavy (non-hydrogen) atoms. The molecule has 0 spiro atoms. The van der Waals surface area contributed by atoms with Gasteiger partial charge in [-0.25, -0.2) is 4.98 Å². The summed E-state index contributed by atoms with van der Waals surface area (Å²) in [6.45, 7) is 4.17. The Labute approximate surface area is 69.6 Å². The van der Waals surface area contributed by atoms with Crippen LogP contribution in [0.2, 0.25) is 0 Å². The highest BCUT2D eigenvalue weighted by Crippen LogP contribution is 2.16. The van der Waals surface area contributed by atoms with E-state index in [2.05, 4.69) is 27.4 Å². The van der Waals surface area contributed by atoms with Gasteiger partial charge in [0.15, 0.2) is 0 Å². The van der Waals surface area contributed by atoms with E-state index in [1.54, 1.807) is 0 Å². The molecule has 0 amide bonds. The third kappa shape index (κ3) is 1.69. The summed E-state index contributed by atoms with van der Waals surface area (Å²) in [5.41, 5.74) is 1.28. The highest BCUT2D eigenvalue weighted by Gasteiger charge is 2.01. The quantitative estimate of drug-likeness (QED) is 0.620. The number of hydrogen-bond acceptors (Lipinski definition) is 1. The first kappa shape index (κ1) is 8.48. The predicted molar refractivity (Wildman–Crippen MR) is 51.3 cm³/mol.